The standard InChI is InChI=1S/2C13H13P.3ClH.W/c2*14-13(11-7-3-1-4-8-11)12-9-5-2-6-10-12;;;;/h2*1-10,13H,14H2;3*1H;/q;;;;;+3/p-3. The monoisotopic (exact) mass is 689 g/mol. The second-order valence-electron chi connectivity index (χ2n) is 6.77. The summed E-state index contributed by atoms with van der Waals surface area (Å²) in [5.41, 5.74) is 6.15. The van der Waals surface area contributed by atoms with Crippen LogP contribution >= 0.6 is 46.7 Å². The molecule has 0 heterocycles. The fourth-order valence-electron chi connectivity index (χ4n) is 3.03. The van der Waals surface area contributed by atoms with Crippen LogP contribution in [0.25, 0.3) is 0 Å². The quantitative estimate of drug-likeness (QED) is 0.187. The van der Waals surface area contributed by atoms with Gasteiger partial charge in [0.25, 0.3) is 0 Å². The van der Waals surface area contributed by atoms with E-state index >= 15 is 0 Å². The van der Waals surface area contributed by atoms with Crippen molar-refractivity contribution in [1.29, 1.82) is 0 Å². The molecule has 0 saturated heterocycles. The van der Waals surface area contributed by atoms with Crippen LogP contribution in [0.1, 0.15) is 33.6 Å². The molecule has 0 radical (unpaired) electrons. The normalized spacial score (nSPS) is 10.2. The van der Waals surface area contributed by atoms with E-state index in [0.717, 1.165) is 0 Å². The Morgan fingerprint density at radius 3 is 0.719 bits per heavy atom. The predicted molar refractivity (Wildman–Crippen MR) is 146 cm³/mol. The molecule has 32 heavy (non-hydrogen) atoms. The van der Waals surface area contributed by atoms with Crippen LogP contribution < -0.4 is 0 Å². The average molecular weight is 691 g/mol. The molecule has 4 aromatic rings. The van der Waals surface area contributed by atoms with Crippen LogP contribution in [0.4, 0.5) is 0 Å². The SMILES string of the molecule is PC(c1ccccc1)c1ccccc1.PC(c1ccccc1)c1ccccc1.[Cl][W]([Cl])[Cl]. The molecule has 0 saturated carbocycles. The van der Waals surface area contributed by atoms with E-state index in [2.05, 4.69) is 116 Å². The van der Waals surface area contributed by atoms with Gasteiger partial charge in [-0.25, -0.2) is 0 Å². The number of hydrogen-bond donors (Lipinski definition) is 0. The maximum atomic E-state index is 5.00. The Kier molecular flexibility index (Phi) is 13.8. The Morgan fingerprint density at radius 1 is 0.406 bits per heavy atom. The van der Waals surface area contributed by atoms with Crippen LogP contribution in [-0.4, -0.2) is 0 Å². The molecule has 6 heteroatoms. The van der Waals surface area contributed by atoms with Crippen molar-refractivity contribution in [2.45, 2.75) is 11.3 Å². The predicted octanol–water partition coefficient (Wildman–Crippen LogP) is 9.37. The first-order valence-corrected chi connectivity index (χ1v) is 22.2. The van der Waals surface area contributed by atoms with Crippen molar-refractivity contribution in [3.05, 3.63) is 144 Å². The molecule has 167 valence electrons. The van der Waals surface area contributed by atoms with Crippen molar-refractivity contribution in [2.75, 3.05) is 0 Å². The Labute approximate surface area is 214 Å². The van der Waals surface area contributed by atoms with Gasteiger partial charge < -0.3 is 0 Å². The van der Waals surface area contributed by atoms with Crippen molar-refractivity contribution in [1.82, 2.24) is 0 Å². The summed E-state index contributed by atoms with van der Waals surface area (Å²) in [5.74, 6) is 0. The topological polar surface area (TPSA) is 0 Å². The zero-order valence-electron chi connectivity index (χ0n) is 17.4. The molecule has 4 aromatic carbocycles. The van der Waals surface area contributed by atoms with Crippen LogP contribution in [0.2, 0.25) is 0 Å². The minimum absolute atomic E-state index is 0.400. The Bertz CT molecular complexity index is 826. The molecular weight excluding hydrogens is 664 g/mol. The summed E-state index contributed by atoms with van der Waals surface area (Å²) in [4.78, 5) is 0. The molecule has 0 nitrogen and oxygen atoms in total. The fraction of sp³-hybridized carbons (Fsp3) is 0.0769. The van der Waals surface area contributed by atoms with Gasteiger partial charge in [0.15, 0.2) is 0 Å². The van der Waals surface area contributed by atoms with Crippen molar-refractivity contribution in [2.24, 2.45) is 0 Å². The summed E-state index contributed by atoms with van der Waals surface area (Å²) in [6.45, 7) is 0. The molecule has 2 unspecified atom stereocenters. The van der Waals surface area contributed by atoms with Crippen LogP contribution in [-0.2, 0) is 14.2 Å². The van der Waals surface area contributed by atoms with E-state index in [1.54, 1.807) is 0 Å². The van der Waals surface area contributed by atoms with E-state index in [4.69, 9.17) is 28.3 Å². The van der Waals surface area contributed by atoms with Crippen molar-refractivity contribution < 1.29 is 14.2 Å². The third kappa shape index (κ3) is 10.5. The van der Waals surface area contributed by atoms with Gasteiger partial charge in [0.05, 0.1) is 0 Å². The number of halogens is 3. The molecule has 0 fully saturated rings. The van der Waals surface area contributed by atoms with Gasteiger partial charge in [-0.1, -0.05) is 121 Å². The first-order chi connectivity index (χ1) is 15.5. The first kappa shape index (κ1) is 27.5. The second-order valence-corrected chi connectivity index (χ2v) is 20.8. The molecule has 0 aliphatic heterocycles. The van der Waals surface area contributed by atoms with E-state index in [9.17, 15) is 0 Å². The van der Waals surface area contributed by atoms with Gasteiger partial charge in [0.2, 0.25) is 0 Å². The van der Waals surface area contributed by atoms with E-state index < -0.39 is 14.2 Å². The van der Waals surface area contributed by atoms with Gasteiger partial charge in [-0.05, 0) is 22.3 Å². The molecule has 0 amide bonds. The summed E-state index contributed by atoms with van der Waals surface area (Å²) in [6, 6.07) is 42.1. The van der Waals surface area contributed by atoms with E-state index in [1.165, 1.54) is 22.3 Å². The van der Waals surface area contributed by atoms with Gasteiger partial charge in [0, 0.05) is 11.3 Å². The van der Waals surface area contributed by atoms with Gasteiger partial charge in [0.1, 0.15) is 0 Å². The minimum atomic E-state index is -2.11. The zero-order valence-corrected chi connectivity index (χ0v) is 24.9. The molecule has 2 atom stereocenters. The van der Waals surface area contributed by atoms with Gasteiger partial charge in [-0.15, -0.1) is 18.5 Å². The third-order valence-electron chi connectivity index (χ3n) is 4.63. The van der Waals surface area contributed by atoms with Crippen LogP contribution in [0, 0.1) is 0 Å². The summed E-state index contributed by atoms with van der Waals surface area (Å²) >= 11 is -2.11. The first-order valence-electron chi connectivity index (χ1n) is 9.93. The van der Waals surface area contributed by atoms with Crippen LogP contribution in [0.5, 0.6) is 0 Å². The Balaban J connectivity index is 0.000000195. The summed E-state index contributed by atoms with van der Waals surface area (Å²) < 4.78 is 0. The second kappa shape index (κ2) is 16.0. The Hall–Kier alpha value is -0.702. The zero-order chi connectivity index (χ0) is 23.2. The third-order valence-corrected chi connectivity index (χ3v) is 6.17. The summed E-state index contributed by atoms with van der Waals surface area (Å²) in [7, 11) is 20.8. The molecule has 0 bridgehead atoms. The van der Waals surface area contributed by atoms with Crippen molar-refractivity contribution in [3.63, 3.8) is 0 Å². The molecule has 4 rings (SSSR count). The van der Waals surface area contributed by atoms with Gasteiger partial charge in [-0.3, -0.25) is 0 Å². The molecule has 0 aliphatic carbocycles. The number of rotatable bonds is 4. The average Bonchev–Trinajstić information content (AvgIpc) is 2.85. The van der Waals surface area contributed by atoms with E-state index in [-0.39, 0.29) is 0 Å². The summed E-state index contributed by atoms with van der Waals surface area (Å²) in [5, 5.41) is 0. The number of hydrogen-bond acceptors (Lipinski definition) is 0. The van der Waals surface area contributed by atoms with E-state index in [1.807, 2.05) is 24.3 Å². The van der Waals surface area contributed by atoms with E-state index in [0.29, 0.717) is 11.3 Å². The van der Waals surface area contributed by atoms with Crippen LogP contribution in [0.15, 0.2) is 121 Å². The van der Waals surface area contributed by atoms with Crippen molar-refractivity contribution >= 4 is 46.7 Å². The molecule has 0 N–H and O–H groups in total. The summed E-state index contributed by atoms with van der Waals surface area (Å²) in [6.07, 6.45) is 0. The van der Waals surface area contributed by atoms with Gasteiger partial charge >= 0.3 is 42.4 Å². The maximum absolute atomic E-state index is 5.00. The van der Waals surface area contributed by atoms with Crippen LogP contribution in [0.3, 0.4) is 0 Å². The Morgan fingerprint density at radius 2 is 0.562 bits per heavy atom. The van der Waals surface area contributed by atoms with Crippen molar-refractivity contribution in [3.8, 4) is 0 Å². The number of benzene rings is 4. The molecule has 0 spiro atoms. The fourth-order valence-corrected chi connectivity index (χ4v) is 3.92. The molecule has 0 aliphatic rings. The molecular formula is C26H26Cl3P2W. The van der Waals surface area contributed by atoms with Gasteiger partial charge in [-0.2, -0.15) is 0 Å². The molecule has 0 aromatic heterocycles.